The molecule has 0 radical (unpaired) electrons. The molecule has 3 aromatic rings. The number of rotatable bonds is 4. The maximum Gasteiger partial charge on any atom is 0.416 e. The van der Waals surface area contributed by atoms with Crippen molar-refractivity contribution in [2.75, 3.05) is 29.4 Å². The molecule has 8 nitrogen and oxygen atoms in total. The summed E-state index contributed by atoms with van der Waals surface area (Å²) in [5.74, 6) is -0.405. The molecule has 0 aromatic carbocycles. The minimum absolute atomic E-state index is 0.137. The first-order chi connectivity index (χ1) is 15.2. The van der Waals surface area contributed by atoms with Crippen LogP contribution < -0.4 is 9.80 Å². The van der Waals surface area contributed by atoms with E-state index < -0.39 is 30.6 Å². The van der Waals surface area contributed by atoms with Crippen LogP contribution in [-0.4, -0.2) is 56.7 Å². The monoisotopic (exact) mass is 453 g/mol. The third kappa shape index (κ3) is 3.50. The van der Waals surface area contributed by atoms with Gasteiger partial charge in [0, 0.05) is 31.7 Å². The van der Waals surface area contributed by atoms with Crippen LogP contribution in [-0.2, 0) is 17.5 Å². The molecule has 2 saturated heterocycles. The molecule has 3 aromatic heterocycles. The summed E-state index contributed by atoms with van der Waals surface area (Å²) in [5, 5.41) is 3.86. The van der Waals surface area contributed by atoms with Gasteiger partial charge in [-0.25, -0.2) is 28.4 Å². The topological polar surface area (TPSA) is 80.0 Å². The van der Waals surface area contributed by atoms with Gasteiger partial charge in [-0.05, 0) is 12.1 Å². The third-order valence-corrected chi connectivity index (χ3v) is 5.76. The SMILES string of the molecule is O=C1C2CN(c3cc(C(F)(F)F)ccn3)CC2CN1c1cnc2cnn(CC(F)F)c2n1. The predicted molar refractivity (Wildman–Crippen MR) is 102 cm³/mol. The molecule has 1 amide bonds. The molecule has 13 heteroatoms. The highest BCUT2D eigenvalue weighted by atomic mass is 19.4. The Bertz CT molecular complexity index is 1180. The summed E-state index contributed by atoms with van der Waals surface area (Å²) in [5.41, 5.74) is -0.304. The standard InChI is InChI=1S/C19H16F5N7O/c20-14(21)9-31-17-13(4-27-31)26-5-16(28-17)30-7-10-6-29(8-12(10)18(30)32)15-3-11(1-2-25-15)19(22,23)24/h1-5,10,12,14H,6-9H2. The first-order valence-corrected chi connectivity index (χ1v) is 9.77. The van der Waals surface area contributed by atoms with Crippen LogP contribution in [0.5, 0.6) is 0 Å². The molecule has 2 unspecified atom stereocenters. The van der Waals surface area contributed by atoms with E-state index in [4.69, 9.17) is 0 Å². The number of anilines is 2. The second-order valence-electron chi connectivity index (χ2n) is 7.78. The Balaban J connectivity index is 1.35. The molecule has 0 bridgehead atoms. The molecule has 2 aliphatic rings. The Hall–Kier alpha value is -3.38. The number of alkyl halides is 5. The molecule has 2 aliphatic heterocycles. The Labute approximate surface area is 177 Å². The van der Waals surface area contributed by atoms with E-state index in [1.165, 1.54) is 17.3 Å². The maximum atomic E-state index is 13.0. The van der Waals surface area contributed by atoms with E-state index in [9.17, 15) is 26.7 Å². The second kappa shape index (κ2) is 7.35. The van der Waals surface area contributed by atoms with Crippen molar-refractivity contribution in [2.45, 2.75) is 19.1 Å². The largest absolute Gasteiger partial charge is 0.416 e. The Morgan fingerprint density at radius 3 is 2.62 bits per heavy atom. The van der Waals surface area contributed by atoms with Crippen molar-refractivity contribution in [3.8, 4) is 0 Å². The molecule has 2 fully saturated rings. The lowest BCUT2D eigenvalue weighted by molar-refractivity contribution is -0.137. The number of nitrogens with zero attached hydrogens (tertiary/aromatic N) is 7. The van der Waals surface area contributed by atoms with E-state index in [0.29, 0.717) is 18.6 Å². The summed E-state index contributed by atoms with van der Waals surface area (Å²) in [7, 11) is 0. The van der Waals surface area contributed by atoms with Gasteiger partial charge in [-0.1, -0.05) is 0 Å². The van der Waals surface area contributed by atoms with Crippen LogP contribution in [0, 0.1) is 11.8 Å². The van der Waals surface area contributed by atoms with E-state index in [2.05, 4.69) is 20.1 Å². The number of aromatic nitrogens is 5. The summed E-state index contributed by atoms with van der Waals surface area (Å²) in [6.07, 6.45) is -3.27. The van der Waals surface area contributed by atoms with Crippen molar-refractivity contribution in [2.24, 2.45) is 11.8 Å². The average Bonchev–Trinajstić information content (AvgIpc) is 3.42. The number of carbonyl (C=O) groups excluding carboxylic acids is 1. The quantitative estimate of drug-likeness (QED) is 0.565. The number of halogens is 5. The van der Waals surface area contributed by atoms with Gasteiger partial charge in [0.25, 0.3) is 6.43 Å². The minimum Gasteiger partial charge on any atom is -0.355 e. The van der Waals surface area contributed by atoms with E-state index in [0.717, 1.165) is 23.0 Å². The van der Waals surface area contributed by atoms with Gasteiger partial charge < -0.3 is 4.90 Å². The Kier molecular flexibility index (Phi) is 4.71. The highest BCUT2D eigenvalue weighted by Gasteiger charge is 2.47. The fraction of sp³-hybridized carbons (Fsp3) is 0.421. The highest BCUT2D eigenvalue weighted by molar-refractivity contribution is 5.98. The van der Waals surface area contributed by atoms with Gasteiger partial charge in [0.1, 0.15) is 17.9 Å². The van der Waals surface area contributed by atoms with E-state index in [1.54, 1.807) is 4.90 Å². The summed E-state index contributed by atoms with van der Waals surface area (Å²) >= 11 is 0. The van der Waals surface area contributed by atoms with Crippen molar-refractivity contribution < 1.29 is 26.7 Å². The fourth-order valence-corrected chi connectivity index (χ4v) is 4.26. The average molecular weight is 453 g/mol. The summed E-state index contributed by atoms with van der Waals surface area (Å²) < 4.78 is 65.6. The van der Waals surface area contributed by atoms with E-state index in [-0.39, 0.29) is 35.7 Å². The van der Waals surface area contributed by atoms with Crippen LogP contribution in [0.15, 0.2) is 30.7 Å². The van der Waals surface area contributed by atoms with Crippen LogP contribution in [0.2, 0.25) is 0 Å². The Morgan fingerprint density at radius 2 is 1.91 bits per heavy atom. The number of amides is 1. The lowest BCUT2D eigenvalue weighted by atomic mass is 10.0. The molecule has 0 saturated carbocycles. The number of carbonyl (C=O) groups is 1. The zero-order chi connectivity index (χ0) is 22.6. The van der Waals surface area contributed by atoms with Gasteiger partial charge in [0.15, 0.2) is 11.5 Å². The van der Waals surface area contributed by atoms with Crippen molar-refractivity contribution in [1.82, 2.24) is 24.7 Å². The zero-order valence-corrected chi connectivity index (χ0v) is 16.4. The molecule has 5 rings (SSSR count). The smallest absolute Gasteiger partial charge is 0.355 e. The first-order valence-electron chi connectivity index (χ1n) is 9.77. The number of hydrogen-bond acceptors (Lipinski definition) is 6. The van der Waals surface area contributed by atoms with Crippen LogP contribution in [0.1, 0.15) is 5.56 Å². The highest BCUT2D eigenvalue weighted by Crippen LogP contribution is 2.37. The normalized spacial score (nSPS) is 21.2. The van der Waals surface area contributed by atoms with Gasteiger partial charge in [0.2, 0.25) is 5.91 Å². The number of hydrogen-bond donors (Lipinski definition) is 0. The maximum absolute atomic E-state index is 13.0. The van der Waals surface area contributed by atoms with Crippen molar-refractivity contribution in [1.29, 1.82) is 0 Å². The van der Waals surface area contributed by atoms with E-state index >= 15 is 0 Å². The van der Waals surface area contributed by atoms with Gasteiger partial charge in [-0.15, -0.1) is 0 Å². The zero-order valence-electron chi connectivity index (χ0n) is 16.4. The van der Waals surface area contributed by atoms with Gasteiger partial charge in [-0.3, -0.25) is 9.69 Å². The van der Waals surface area contributed by atoms with Crippen LogP contribution in [0.3, 0.4) is 0 Å². The predicted octanol–water partition coefficient (Wildman–Crippen LogP) is 2.60. The molecule has 32 heavy (non-hydrogen) atoms. The van der Waals surface area contributed by atoms with E-state index in [1.807, 2.05) is 0 Å². The van der Waals surface area contributed by atoms with Crippen molar-refractivity contribution in [3.63, 3.8) is 0 Å². The summed E-state index contributed by atoms with van der Waals surface area (Å²) in [6.45, 7) is 0.245. The third-order valence-electron chi connectivity index (χ3n) is 5.76. The van der Waals surface area contributed by atoms with Crippen LogP contribution >= 0.6 is 0 Å². The minimum atomic E-state index is -4.48. The molecule has 0 N–H and O–H groups in total. The second-order valence-corrected chi connectivity index (χ2v) is 7.78. The molecule has 5 heterocycles. The first kappa shape index (κ1) is 20.5. The fourth-order valence-electron chi connectivity index (χ4n) is 4.26. The molecule has 2 atom stereocenters. The number of pyridine rings is 1. The molecule has 0 spiro atoms. The van der Waals surface area contributed by atoms with Crippen LogP contribution in [0.25, 0.3) is 11.2 Å². The van der Waals surface area contributed by atoms with Crippen molar-refractivity contribution in [3.05, 3.63) is 36.3 Å². The molecular formula is C19H16F5N7O. The molecule has 0 aliphatic carbocycles. The van der Waals surface area contributed by atoms with Gasteiger partial charge in [-0.2, -0.15) is 18.3 Å². The van der Waals surface area contributed by atoms with Crippen molar-refractivity contribution >= 4 is 28.7 Å². The van der Waals surface area contributed by atoms with Crippen LogP contribution in [0.4, 0.5) is 33.6 Å². The van der Waals surface area contributed by atoms with Gasteiger partial charge >= 0.3 is 6.18 Å². The molecular weight excluding hydrogens is 437 g/mol. The summed E-state index contributed by atoms with van der Waals surface area (Å²) in [6, 6.07) is 1.88. The molecule has 168 valence electrons. The summed E-state index contributed by atoms with van der Waals surface area (Å²) in [4.78, 5) is 28.7. The lowest BCUT2D eigenvalue weighted by Gasteiger charge is -2.22. The number of fused-ring (bicyclic) bond motifs is 2. The Morgan fingerprint density at radius 1 is 1.09 bits per heavy atom. The van der Waals surface area contributed by atoms with Gasteiger partial charge in [0.05, 0.1) is 23.9 Å². The lowest BCUT2D eigenvalue weighted by Crippen LogP contribution is -2.33.